The Morgan fingerprint density at radius 3 is 2.65 bits per heavy atom. The molecular weight excluding hydrogens is 326 g/mol. The number of piperidine rings is 1. The Hall–Kier alpha value is -1.73. The molecule has 7 heteroatoms. The Bertz CT molecular complexity index is 712. The van der Waals surface area contributed by atoms with Gasteiger partial charge >= 0.3 is 0 Å². The van der Waals surface area contributed by atoms with Gasteiger partial charge in [-0.2, -0.15) is 5.10 Å². The van der Waals surface area contributed by atoms with Crippen molar-refractivity contribution in [2.75, 3.05) is 27.2 Å². The van der Waals surface area contributed by atoms with Gasteiger partial charge < -0.3 is 4.90 Å². The monoisotopic (exact) mass is 359 g/mol. The molecule has 3 heterocycles. The zero-order valence-electron chi connectivity index (χ0n) is 17.1. The highest BCUT2D eigenvalue weighted by Gasteiger charge is 2.33. The maximum absolute atomic E-state index is 4.39. The number of likely N-dealkylation sites (tertiary alicyclic amines) is 1. The van der Waals surface area contributed by atoms with E-state index in [1.165, 1.54) is 18.5 Å². The van der Waals surface area contributed by atoms with E-state index in [-0.39, 0.29) is 5.54 Å². The fraction of sp³-hybridized carbons (Fsp3) is 0.737. The summed E-state index contributed by atoms with van der Waals surface area (Å²) >= 11 is 0. The lowest BCUT2D eigenvalue weighted by Gasteiger charge is -2.40. The smallest absolute Gasteiger partial charge is 0.0967 e. The van der Waals surface area contributed by atoms with Gasteiger partial charge in [0.15, 0.2) is 0 Å². The van der Waals surface area contributed by atoms with Gasteiger partial charge in [-0.05, 0) is 66.2 Å². The normalized spacial score (nSPS) is 22.3. The first-order chi connectivity index (χ1) is 12.3. The van der Waals surface area contributed by atoms with Crippen LogP contribution >= 0.6 is 0 Å². The van der Waals surface area contributed by atoms with Crippen LogP contribution in [0, 0.1) is 5.92 Å². The van der Waals surface area contributed by atoms with Gasteiger partial charge in [-0.1, -0.05) is 5.21 Å². The quantitative estimate of drug-likeness (QED) is 0.820. The van der Waals surface area contributed by atoms with Gasteiger partial charge in [-0.15, -0.1) is 5.10 Å². The Labute approximate surface area is 157 Å². The van der Waals surface area contributed by atoms with Crippen molar-refractivity contribution in [2.45, 2.75) is 51.7 Å². The van der Waals surface area contributed by atoms with Crippen molar-refractivity contribution in [1.82, 2.24) is 34.6 Å². The molecule has 0 amide bonds. The van der Waals surface area contributed by atoms with Gasteiger partial charge in [-0.3, -0.25) is 9.58 Å². The molecule has 26 heavy (non-hydrogen) atoms. The lowest BCUT2D eigenvalue weighted by molar-refractivity contribution is 0.0870. The predicted molar refractivity (Wildman–Crippen MR) is 103 cm³/mol. The molecule has 2 atom stereocenters. The van der Waals surface area contributed by atoms with Gasteiger partial charge in [0.1, 0.15) is 0 Å². The number of hydrogen-bond donors (Lipinski definition) is 0. The topological polar surface area (TPSA) is 55.0 Å². The molecule has 1 saturated heterocycles. The van der Waals surface area contributed by atoms with Crippen LogP contribution in [0.2, 0.25) is 0 Å². The van der Waals surface area contributed by atoms with Crippen LogP contribution in [-0.2, 0) is 19.1 Å². The molecule has 0 spiro atoms. The van der Waals surface area contributed by atoms with Crippen molar-refractivity contribution < 1.29 is 0 Å². The SMILES string of the molecule is CN(Cc1cn(C(C)(C)C)nn1)C[C@@H]1CCCN(C)[C@H]1c1ccnn1C. The van der Waals surface area contributed by atoms with Crippen molar-refractivity contribution in [2.24, 2.45) is 13.0 Å². The lowest BCUT2D eigenvalue weighted by atomic mass is 9.87. The third-order valence-electron chi connectivity index (χ3n) is 5.38. The molecule has 1 aliphatic heterocycles. The summed E-state index contributed by atoms with van der Waals surface area (Å²) in [6, 6.07) is 2.58. The third-order valence-corrected chi connectivity index (χ3v) is 5.38. The standard InChI is InChI=1S/C19H33N7/c1-19(2,3)26-14-16(21-22-26)13-23(4)12-15-8-7-11-24(5)18(15)17-9-10-20-25(17)6/h9-10,14-15,18H,7-8,11-13H2,1-6H3/t15-,18+/m0/s1. The average Bonchev–Trinajstić information content (AvgIpc) is 3.16. The summed E-state index contributed by atoms with van der Waals surface area (Å²) in [5.41, 5.74) is 2.31. The molecule has 0 bridgehead atoms. The molecule has 0 N–H and O–H groups in total. The number of nitrogens with zero attached hydrogens (tertiary/aromatic N) is 7. The maximum atomic E-state index is 4.39. The van der Waals surface area contributed by atoms with E-state index in [2.05, 4.69) is 72.3 Å². The van der Waals surface area contributed by atoms with E-state index in [1.54, 1.807) is 0 Å². The molecule has 2 aromatic rings. The lowest BCUT2D eigenvalue weighted by Crippen LogP contribution is -2.41. The number of rotatable bonds is 5. The molecular formula is C19H33N7. The highest BCUT2D eigenvalue weighted by Crippen LogP contribution is 2.35. The fourth-order valence-electron chi connectivity index (χ4n) is 4.03. The van der Waals surface area contributed by atoms with E-state index < -0.39 is 0 Å². The van der Waals surface area contributed by atoms with Crippen molar-refractivity contribution >= 4 is 0 Å². The Morgan fingerprint density at radius 2 is 2.04 bits per heavy atom. The molecule has 144 valence electrons. The van der Waals surface area contributed by atoms with Crippen LogP contribution in [-0.4, -0.2) is 61.8 Å². The first-order valence-electron chi connectivity index (χ1n) is 9.54. The van der Waals surface area contributed by atoms with E-state index in [0.717, 1.165) is 25.3 Å². The van der Waals surface area contributed by atoms with Gasteiger partial charge in [-0.25, -0.2) is 4.68 Å². The van der Waals surface area contributed by atoms with Crippen LogP contribution in [0.15, 0.2) is 18.5 Å². The Morgan fingerprint density at radius 1 is 1.27 bits per heavy atom. The van der Waals surface area contributed by atoms with Gasteiger partial charge in [0.25, 0.3) is 0 Å². The fourth-order valence-corrected chi connectivity index (χ4v) is 4.03. The van der Waals surface area contributed by atoms with E-state index >= 15 is 0 Å². The van der Waals surface area contributed by atoms with Gasteiger partial charge in [0, 0.05) is 26.3 Å². The largest absolute Gasteiger partial charge is 0.300 e. The second-order valence-electron chi connectivity index (χ2n) is 8.73. The molecule has 0 aromatic carbocycles. The average molecular weight is 360 g/mol. The summed E-state index contributed by atoms with van der Waals surface area (Å²) in [6.07, 6.45) is 6.48. The summed E-state index contributed by atoms with van der Waals surface area (Å²) in [6.45, 7) is 9.45. The maximum Gasteiger partial charge on any atom is 0.0967 e. The summed E-state index contributed by atoms with van der Waals surface area (Å²) in [5, 5.41) is 13.0. The minimum Gasteiger partial charge on any atom is -0.300 e. The number of aromatic nitrogens is 5. The Balaban J connectivity index is 1.68. The number of aryl methyl sites for hydroxylation is 1. The molecule has 2 aromatic heterocycles. The van der Waals surface area contributed by atoms with Crippen molar-refractivity contribution in [3.8, 4) is 0 Å². The van der Waals surface area contributed by atoms with Crippen molar-refractivity contribution in [3.05, 3.63) is 29.8 Å². The van der Waals surface area contributed by atoms with E-state index in [0.29, 0.717) is 12.0 Å². The summed E-state index contributed by atoms with van der Waals surface area (Å²) in [5.74, 6) is 0.590. The second-order valence-corrected chi connectivity index (χ2v) is 8.73. The van der Waals surface area contributed by atoms with Gasteiger partial charge in [0.2, 0.25) is 0 Å². The zero-order valence-corrected chi connectivity index (χ0v) is 17.1. The minimum atomic E-state index is -0.0273. The van der Waals surface area contributed by atoms with E-state index in [4.69, 9.17) is 0 Å². The molecule has 7 nitrogen and oxygen atoms in total. The van der Waals surface area contributed by atoms with Crippen molar-refractivity contribution in [3.63, 3.8) is 0 Å². The molecule has 1 aliphatic rings. The minimum absolute atomic E-state index is 0.0273. The molecule has 0 aliphatic carbocycles. The molecule has 0 saturated carbocycles. The molecule has 3 rings (SSSR count). The number of hydrogen-bond acceptors (Lipinski definition) is 5. The molecule has 0 unspecified atom stereocenters. The Kier molecular flexibility index (Phi) is 5.48. The van der Waals surface area contributed by atoms with Crippen LogP contribution in [0.5, 0.6) is 0 Å². The van der Waals surface area contributed by atoms with Crippen LogP contribution < -0.4 is 0 Å². The summed E-state index contributed by atoms with van der Waals surface area (Å²) in [7, 11) is 6.47. The van der Waals surface area contributed by atoms with Crippen LogP contribution in [0.4, 0.5) is 0 Å². The highest BCUT2D eigenvalue weighted by molar-refractivity contribution is 5.10. The summed E-state index contributed by atoms with van der Waals surface area (Å²) < 4.78 is 3.97. The van der Waals surface area contributed by atoms with Crippen molar-refractivity contribution in [1.29, 1.82) is 0 Å². The van der Waals surface area contributed by atoms with E-state index in [1.807, 2.05) is 22.6 Å². The second kappa shape index (κ2) is 7.48. The molecule has 1 fully saturated rings. The highest BCUT2D eigenvalue weighted by atomic mass is 15.4. The first kappa shape index (κ1) is 19.0. The predicted octanol–water partition coefficient (Wildman–Crippen LogP) is 2.28. The van der Waals surface area contributed by atoms with Gasteiger partial charge in [0.05, 0.1) is 29.2 Å². The summed E-state index contributed by atoms with van der Waals surface area (Å²) in [4.78, 5) is 4.86. The van der Waals surface area contributed by atoms with Crippen LogP contribution in [0.25, 0.3) is 0 Å². The van der Waals surface area contributed by atoms with E-state index in [9.17, 15) is 0 Å². The van der Waals surface area contributed by atoms with Crippen LogP contribution in [0.1, 0.15) is 51.0 Å². The first-order valence-corrected chi connectivity index (χ1v) is 9.54. The van der Waals surface area contributed by atoms with Crippen LogP contribution in [0.3, 0.4) is 0 Å². The molecule has 0 radical (unpaired) electrons. The third kappa shape index (κ3) is 4.15. The zero-order chi connectivity index (χ0) is 18.9.